The van der Waals surface area contributed by atoms with E-state index >= 15 is 0 Å². The number of likely N-dealkylation sites (N-methyl/N-ethyl adjacent to an activating group) is 1. The Labute approximate surface area is 138 Å². The molecule has 5 heteroatoms. The second-order valence-electron chi connectivity index (χ2n) is 5.89. The lowest BCUT2D eigenvalue weighted by molar-refractivity contribution is 0.251. The molecule has 0 bridgehead atoms. The number of likely N-dealkylation sites (tertiary alicyclic amines) is 1. The average Bonchev–Trinajstić information content (AvgIpc) is 2.99. The topological polar surface area (TPSA) is 32.5 Å². The number of nitrogens with zero attached hydrogens (tertiary/aromatic N) is 2. The molecular formula is C16H25Cl2N3. The van der Waals surface area contributed by atoms with Crippen molar-refractivity contribution >= 4 is 23.2 Å². The fraction of sp³-hybridized carbons (Fsp3) is 0.625. The molecule has 1 saturated heterocycles. The second-order valence-corrected chi connectivity index (χ2v) is 6.68. The minimum atomic E-state index is -0.0644. The number of benzene rings is 1. The molecule has 3 nitrogen and oxygen atoms in total. The molecule has 0 saturated carbocycles. The van der Waals surface area contributed by atoms with E-state index in [9.17, 15) is 0 Å². The van der Waals surface area contributed by atoms with Crippen molar-refractivity contribution in [3.63, 3.8) is 0 Å². The summed E-state index contributed by atoms with van der Waals surface area (Å²) < 4.78 is 0. The van der Waals surface area contributed by atoms with Gasteiger partial charge >= 0.3 is 0 Å². The van der Waals surface area contributed by atoms with Crippen molar-refractivity contribution in [3.05, 3.63) is 33.8 Å². The van der Waals surface area contributed by atoms with Crippen molar-refractivity contribution in [1.29, 1.82) is 0 Å². The molecule has 1 unspecified atom stereocenters. The molecule has 0 aliphatic carbocycles. The molecular weight excluding hydrogens is 305 g/mol. The van der Waals surface area contributed by atoms with E-state index in [1.54, 1.807) is 6.07 Å². The standard InChI is InChI=1S/C16H25Cl2N3/c1-20(11-12-21-8-2-3-9-21)10-7-15(19)13-5-4-6-14(17)16(13)18/h4-6,15H,2-3,7-12,19H2,1H3. The predicted molar refractivity (Wildman–Crippen MR) is 91.2 cm³/mol. The van der Waals surface area contributed by atoms with E-state index in [1.807, 2.05) is 12.1 Å². The monoisotopic (exact) mass is 329 g/mol. The first kappa shape index (κ1) is 17.0. The lowest BCUT2D eigenvalue weighted by atomic mass is 10.0. The third kappa shape index (κ3) is 5.11. The van der Waals surface area contributed by atoms with Crippen molar-refractivity contribution in [2.75, 3.05) is 39.8 Å². The summed E-state index contributed by atoms with van der Waals surface area (Å²) in [5.41, 5.74) is 7.19. The maximum absolute atomic E-state index is 6.25. The quantitative estimate of drug-likeness (QED) is 0.832. The molecule has 0 aromatic heterocycles. The Bertz CT molecular complexity index is 447. The van der Waals surface area contributed by atoms with Crippen LogP contribution in [0.25, 0.3) is 0 Å². The highest BCUT2D eigenvalue weighted by Crippen LogP contribution is 2.30. The Balaban J connectivity index is 1.74. The molecule has 1 fully saturated rings. The van der Waals surface area contributed by atoms with Crippen LogP contribution in [-0.4, -0.2) is 49.6 Å². The van der Waals surface area contributed by atoms with Crippen molar-refractivity contribution in [2.45, 2.75) is 25.3 Å². The molecule has 1 aromatic carbocycles. The molecule has 1 atom stereocenters. The summed E-state index contributed by atoms with van der Waals surface area (Å²) in [4.78, 5) is 4.88. The van der Waals surface area contributed by atoms with E-state index in [-0.39, 0.29) is 6.04 Å². The van der Waals surface area contributed by atoms with Crippen molar-refractivity contribution in [1.82, 2.24) is 9.80 Å². The first-order valence-electron chi connectivity index (χ1n) is 7.68. The van der Waals surface area contributed by atoms with Gasteiger partial charge in [0.25, 0.3) is 0 Å². The van der Waals surface area contributed by atoms with Crippen LogP contribution >= 0.6 is 23.2 Å². The van der Waals surface area contributed by atoms with Crippen LogP contribution in [0.1, 0.15) is 30.9 Å². The van der Waals surface area contributed by atoms with Gasteiger partial charge in [-0.2, -0.15) is 0 Å². The zero-order valence-corrected chi connectivity index (χ0v) is 14.2. The Morgan fingerprint density at radius 1 is 1.24 bits per heavy atom. The van der Waals surface area contributed by atoms with E-state index in [4.69, 9.17) is 28.9 Å². The third-order valence-corrected chi connectivity index (χ3v) is 5.03. The maximum Gasteiger partial charge on any atom is 0.0640 e. The second kappa shape index (κ2) is 8.35. The first-order chi connectivity index (χ1) is 10.1. The molecule has 1 heterocycles. The van der Waals surface area contributed by atoms with Crippen LogP contribution < -0.4 is 5.73 Å². The van der Waals surface area contributed by atoms with Gasteiger partial charge < -0.3 is 15.5 Å². The normalized spacial score (nSPS) is 17.6. The maximum atomic E-state index is 6.25. The van der Waals surface area contributed by atoms with Crippen molar-refractivity contribution < 1.29 is 0 Å². The van der Waals surface area contributed by atoms with Gasteiger partial charge in [0, 0.05) is 19.1 Å². The van der Waals surface area contributed by atoms with Gasteiger partial charge in [-0.1, -0.05) is 35.3 Å². The molecule has 1 aromatic rings. The third-order valence-electron chi connectivity index (χ3n) is 4.20. The van der Waals surface area contributed by atoms with Gasteiger partial charge in [-0.3, -0.25) is 0 Å². The van der Waals surface area contributed by atoms with Crippen LogP contribution in [0.4, 0.5) is 0 Å². The Kier molecular flexibility index (Phi) is 6.77. The molecule has 0 spiro atoms. The molecule has 2 N–H and O–H groups in total. The summed E-state index contributed by atoms with van der Waals surface area (Å²) in [5.74, 6) is 0. The number of halogens is 2. The van der Waals surface area contributed by atoms with E-state index < -0.39 is 0 Å². The summed E-state index contributed by atoms with van der Waals surface area (Å²) in [5, 5.41) is 1.17. The molecule has 21 heavy (non-hydrogen) atoms. The molecule has 1 aliphatic heterocycles. The zero-order valence-electron chi connectivity index (χ0n) is 12.7. The number of hydrogen-bond donors (Lipinski definition) is 1. The fourth-order valence-corrected chi connectivity index (χ4v) is 3.20. The number of nitrogens with two attached hydrogens (primary N) is 1. The lowest BCUT2D eigenvalue weighted by Crippen LogP contribution is -2.33. The summed E-state index contributed by atoms with van der Waals surface area (Å²) in [6.07, 6.45) is 3.58. The highest BCUT2D eigenvalue weighted by Gasteiger charge is 2.14. The first-order valence-corrected chi connectivity index (χ1v) is 8.44. The Hall–Kier alpha value is -0.320. The minimum Gasteiger partial charge on any atom is -0.324 e. The van der Waals surface area contributed by atoms with E-state index in [0.29, 0.717) is 10.0 Å². The SMILES string of the molecule is CN(CCC(N)c1cccc(Cl)c1Cl)CCN1CCCC1. The van der Waals surface area contributed by atoms with Gasteiger partial charge in [-0.15, -0.1) is 0 Å². The Morgan fingerprint density at radius 3 is 2.67 bits per heavy atom. The van der Waals surface area contributed by atoms with Gasteiger partial charge in [-0.05, 0) is 57.6 Å². The summed E-state index contributed by atoms with van der Waals surface area (Å²) in [6.45, 7) is 5.73. The van der Waals surface area contributed by atoms with E-state index in [0.717, 1.165) is 31.6 Å². The van der Waals surface area contributed by atoms with Crippen LogP contribution in [0, 0.1) is 0 Å². The fourth-order valence-electron chi connectivity index (χ4n) is 2.75. The number of hydrogen-bond acceptors (Lipinski definition) is 3. The van der Waals surface area contributed by atoms with Crippen LogP contribution in [0.3, 0.4) is 0 Å². The molecule has 0 amide bonds. The van der Waals surface area contributed by atoms with Gasteiger partial charge in [0.05, 0.1) is 10.0 Å². The van der Waals surface area contributed by atoms with Crippen LogP contribution in [0.2, 0.25) is 10.0 Å². The van der Waals surface area contributed by atoms with Crippen molar-refractivity contribution in [2.24, 2.45) is 5.73 Å². The largest absolute Gasteiger partial charge is 0.324 e. The summed E-state index contributed by atoms with van der Waals surface area (Å²) in [7, 11) is 2.16. The zero-order chi connectivity index (χ0) is 15.2. The predicted octanol–water partition coefficient (Wildman–Crippen LogP) is 3.41. The van der Waals surface area contributed by atoms with E-state index in [2.05, 4.69) is 16.8 Å². The Morgan fingerprint density at radius 2 is 1.95 bits per heavy atom. The van der Waals surface area contributed by atoms with Crippen LogP contribution in [-0.2, 0) is 0 Å². The van der Waals surface area contributed by atoms with Gasteiger partial charge in [0.2, 0.25) is 0 Å². The molecule has 0 radical (unpaired) electrons. The minimum absolute atomic E-state index is 0.0644. The molecule has 2 rings (SSSR count). The summed E-state index contributed by atoms with van der Waals surface area (Å²) in [6, 6.07) is 5.59. The van der Waals surface area contributed by atoms with Gasteiger partial charge in [0.15, 0.2) is 0 Å². The lowest BCUT2D eigenvalue weighted by Gasteiger charge is -2.23. The summed E-state index contributed by atoms with van der Waals surface area (Å²) >= 11 is 12.3. The molecule has 1 aliphatic rings. The van der Waals surface area contributed by atoms with Crippen LogP contribution in [0.5, 0.6) is 0 Å². The highest BCUT2D eigenvalue weighted by atomic mass is 35.5. The van der Waals surface area contributed by atoms with Gasteiger partial charge in [0.1, 0.15) is 0 Å². The number of rotatable bonds is 7. The smallest absolute Gasteiger partial charge is 0.0640 e. The van der Waals surface area contributed by atoms with Gasteiger partial charge in [-0.25, -0.2) is 0 Å². The molecule has 118 valence electrons. The van der Waals surface area contributed by atoms with Crippen LogP contribution in [0.15, 0.2) is 18.2 Å². The van der Waals surface area contributed by atoms with Crippen molar-refractivity contribution in [3.8, 4) is 0 Å². The average molecular weight is 330 g/mol. The highest BCUT2D eigenvalue weighted by molar-refractivity contribution is 6.42. The van der Waals surface area contributed by atoms with E-state index in [1.165, 1.54) is 25.9 Å².